The second-order valence-electron chi connectivity index (χ2n) is 5.20. The molecule has 0 aromatic carbocycles. The van der Waals surface area contributed by atoms with Gasteiger partial charge in [0.15, 0.2) is 0 Å². The van der Waals surface area contributed by atoms with Crippen molar-refractivity contribution in [2.45, 2.75) is 58.2 Å². The van der Waals surface area contributed by atoms with Gasteiger partial charge in [-0.15, -0.1) is 0 Å². The molecule has 0 bridgehead atoms. The standard InChI is InChI=1S/C14H22N2O2/c1-3-14(5-4-6-14)16-8-12-11(9-17)7-15-10(2)13(12)18/h7,16-18H,3-6,8-9H2,1-2H3. The van der Waals surface area contributed by atoms with Crippen molar-refractivity contribution in [2.75, 3.05) is 0 Å². The first-order valence-electron chi connectivity index (χ1n) is 6.64. The van der Waals surface area contributed by atoms with E-state index < -0.39 is 0 Å². The fourth-order valence-electron chi connectivity index (χ4n) is 2.55. The first-order valence-corrected chi connectivity index (χ1v) is 6.64. The Balaban J connectivity index is 2.15. The van der Waals surface area contributed by atoms with Crippen LogP contribution in [0.3, 0.4) is 0 Å². The van der Waals surface area contributed by atoms with Crippen LogP contribution in [0.1, 0.15) is 49.4 Å². The van der Waals surface area contributed by atoms with Gasteiger partial charge in [0.05, 0.1) is 12.3 Å². The van der Waals surface area contributed by atoms with Crippen molar-refractivity contribution in [2.24, 2.45) is 0 Å². The lowest BCUT2D eigenvalue weighted by Crippen LogP contribution is -2.50. The second-order valence-corrected chi connectivity index (χ2v) is 5.20. The third kappa shape index (κ3) is 2.35. The van der Waals surface area contributed by atoms with Gasteiger partial charge in [-0.3, -0.25) is 4.98 Å². The van der Waals surface area contributed by atoms with Crippen molar-refractivity contribution < 1.29 is 10.2 Å². The topological polar surface area (TPSA) is 65.4 Å². The maximum absolute atomic E-state index is 10.1. The minimum atomic E-state index is -0.0863. The quantitative estimate of drug-likeness (QED) is 0.748. The zero-order valence-electron chi connectivity index (χ0n) is 11.2. The number of aliphatic hydroxyl groups is 1. The number of hydrogen-bond acceptors (Lipinski definition) is 4. The van der Waals surface area contributed by atoms with Crippen LogP contribution in [0, 0.1) is 6.92 Å². The molecule has 0 atom stereocenters. The highest BCUT2D eigenvalue weighted by Crippen LogP contribution is 2.35. The molecule has 0 spiro atoms. The van der Waals surface area contributed by atoms with Crippen molar-refractivity contribution in [1.29, 1.82) is 0 Å². The molecule has 18 heavy (non-hydrogen) atoms. The molecule has 1 aromatic heterocycles. The van der Waals surface area contributed by atoms with Gasteiger partial charge in [0.1, 0.15) is 5.75 Å². The summed E-state index contributed by atoms with van der Waals surface area (Å²) < 4.78 is 0. The van der Waals surface area contributed by atoms with Gasteiger partial charge in [-0.1, -0.05) is 6.92 Å². The van der Waals surface area contributed by atoms with Crippen molar-refractivity contribution in [3.8, 4) is 5.75 Å². The van der Waals surface area contributed by atoms with Crippen LogP contribution in [0.4, 0.5) is 0 Å². The largest absolute Gasteiger partial charge is 0.506 e. The first-order chi connectivity index (χ1) is 8.62. The number of aryl methyl sites for hydroxylation is 1. The number of aliphatic hydroxyl groups excluding tert-OH is 1. The number of pyridine rings is 1. The van der Waals surface area contributed by atoms with Crippen molar-refractivity contribution >= 4 is 0 Å². The third-order valence-corrected chi connectivity index (χ3v) is 4.23. The molecule has 4 heteroatoms. The summed E-state index contributed by atoms with van der Waals surface area (Å²) in [5.41, 5.74) is 2.33. The molecule has 4 nitrogen and oxygen atoms in total. The molecule has 1 aliphatic carbocycles. The summed E-state index contributed by atoms with van der Waals surface area (Å²) in [6.07, 6.45) is 6.42. The Morgan fingerprint density at radius 1 is 1.44 bits per heavy atom. The zero-order chi connectivity index (χ0) is 13.2. The highest BCUT2D eigenvalue weighted by Gasteiger charge is 2.34. The smallest absolute Gasteiger partial charge is 0.141 e. The van der Waals surface area contributed by atoms with Crippen LogP contribution in [0.25, 0.3) is 0 Å². The lowest BCUT2D eigenvalue weighted by Gasteiger charge is -2.42. The van der Waals surface area contributed by atoms with Gasteiger partial charge in [0.2, 0.25) is 0 Å². The van der Waals surface area contributed by atoms with E-state index >= 15 is 0 Å². The monoisotopic (exact) mass is 250 g/mol. The SMILES string of the molecule is CCC1(NCc2c(CO)cnc(C)c2O)CCC1. The molecule has 100 valence electrons. The van der Waals surface area contributed by atoms with Crippen LogP contribution >= 0.6 is 0 Å². The highest BCUT2D eigenvalue weighted by molar-refractivity contribution is 5.40. The van der Waals surface area contributed by atoms with Gasteiger partial charge < -0.3 is 15.5 Å². The molecular weight excluding hydrogens is 228 g/mol. The summed E-state index contributed by atoms with van der Waals surface area (Å²) in [6, 6.07) is 0. The van der Waals surface area contributed by atoms with E-state index in [0.29, 0.717) is 17.8 Å². The lowest BCUT2D eigenvalue weighted by molar-refractivity contribution is 0.174. The third-order valence-electron chi connectivity index (χ3n) is 4.23. The average molecular weight is 250 g/mol. The Bertz CT molecular complexity index is 423. The minimum absolute atomic E-state index is 0.0863. The van der Waals surface area contributed by atoms with Gasteiger partial charge in [0.25, 0.3) is 0 Å². The number of hydrogen-bond donors (Lipinski definition) is 3. The Hall–Kier alpha value is -1.13. The van der Waals surface area contributed by atoms with E-state index in [-0.39, 0.29) is 17.9 Å². The second kappa shape index (κ2) is 5.24. The molecule has 1 aromatic rings. The van der Waals surface area contributed by atoms with Crippen LogP contribution in [-0.2, 0) is 13.2 Å². The number of aromatic nitrogens is 1. The predicted molar refractivity (Wildman–Crippen MR) is 70.3 cm³/mol. The van der Waals surface area contributed by atoms with Gasteiger partial charge in [0, 0.05) is 29.4 Å². The van der Waals surface area contributed by atoms with E-state index in [1.165, 1.54) is 19.3 Å². The lowest BCUT2D eigenvalue weighted by atomic mass is 9.74. The summed E-state index contributed by atoms with van der Waals surface area (Å²) >= 11 is 0. The first kappa shape index (κ1) is 13.3. The van der Waals surface area contributed by atoms with E-state index in [0.717, 1.165) is 12.0 Å². The van der Waals surface area contributed by atoms with E-state index in [4.69, 9.17) is 0 Å². The van der Waals surface area contributed by atoms with Crippen molar-refractivity contribution in [1.82, 2.24) is 10.3 Å². The number of aromatic hydroxyl groups is 1. The predicted octanol–water partition coefficient (Wildman–Crippen LogP) is 2.01. The van der Waals surface area contributed by atoms with Gasteiger partial charge in [-0.2, -0.15) is 0 Å². The molecule has 0 radical (unpaired) electrons. The Kier molecular flexibility index (Phi) is 3.88. The van der Waals surface area contributed by atoms with Crippen LogP contribution in [0.15, 0.2) is 6.20 Å². The van der Waals surface area contributed by atoms with Crippen LogP contribution in [-0.4, -0.2) is 20.7 Å². The molecule has 0 saturated heterocycles. The molecule has 0 amide bonds. The van der Waals surface area contributed by atoms with Gasteiger partial charge in [-0.05, 0) is 32.6 Å². The molecule has 3 N–H and O–H groups in total. The maximum atomic E-state index is 10.1. The summed E-state index contributed by atoms with van der Waals surface area (Å²) in [6.45, 7) is 4.48. The molecular formula is C14H22N2O2. The molecule has 1 aliphatic rings. The fraction of sp³-hybridized carbons (Fsp3) is 0.643. The normalized spacial score (nSPS) is 17.5. The van der Waals surface area contributed by atoms with Crippen molar-refractivity contribution in [3.63, 3.8) is 0 Å². The average Bonchev–Trinajstić information content (AvgIpc) is 2.33. The number of rotatable bonds is 5. The van der Waals surface area contributed by atoms with E-state index in [1.807, 2.05) is 0 Å². The molecule has 2 rings (SSSR count). The molecule has 1 saturated carbocycles. The summed E-state index contributed by atoms with van der Waals surface area (Å²) in [5.74, 6) is 0.208. The fourth-order valence-corrected chi connectivity index (χ4v) is 2.55. The summed E-state index contributed by atoms with van der Waals surface area (Å²) in [7, 11) is 0. The summed E-state index contributed by atoms with van der Waals surface area (Å²) in [5, 5.41) is 22.9. The van der Waals surface area contributed by atoms with Gasteiger partial charge in [-0.25, -0.2) is 0 Å². The molecule has 1 heterocycles. The number of nitrogens with one attached hydrogen (secondary N) is 1. The Morgan fingerprint density at radius 3 is 2.67 bits per heavy atom. The van der Waals surface area contributed by atoms with Crippen LogP contribution in [0.2, 0.25) is 0 Å². The maximum Gasteiger partial charge on any atom is 0.141 e. The molecule has 1 fully saturated rings. The van der Waals surface area contributed by atoms with E-state index in [9.17, 15) is 10.2 Å². The highest BCUT2D eigenvalue weighted by atomic mass is 16.3. The van der Waals surface area contributed by atoms with E-state index in [2.05, 4.69) is 17.2 Å². The summed E-state index contributed by atoms with van der Waals surface area (Å²) in [4.78, 5) is 4.07. The molecule has 0 aliphatic heterocycles. The molecule has 0 unspecified atom stereocenters. The van der Waals surface area contributed by atoms with Crippen LogP contribution < -0.4 is 5.32 Å². The minimum Gasteiger partial charge on any atom is -0.506 e. The van der Waals surface area contributed by atoms with Crippen molar-refractivity contribution in [3.05, 3.63) is 23.0 Å². The van der Waals surface area contributed by atoms with Gasteiger partial charge >= 0.3 is 0 Å². The Labute approximate surface area is 108 Å². The zero-order valence-corrected chi connectivity index (χ0v) is 11.2. The van der Waals surface area contributed by atoms with E-state index in [1.54, 1.807) is 13.1 Å². The number of nitrogens with zero attached hydrogens (tertiary/aromatic N) is 1. The Morgan fingerprint density at radius 2 is 2.17 bits per heavy atom. The van der Waals surface area contributed by atoms with Crippen LogP contribution in [0.5, 0.6) is 5.75 Å².